The molecule has 2 heterocycles. The summed E-state index contributed by atoms with van der Waals surface area (Å²) in [4.78, 5) is 40.8. The van der Waals surface area contributed by atoms with E-state index in [1.807, 2.05) is 6.92 Å². The van der Waals surface area contributed by atoms with Crippen molar-refractivity contribution in [3.63, 3.8) is 0 Å². The van der Waals surface area contributed by atoms with Crippen LogP contribution < -0.4 is 4.90 Å². The molecule has 0 radical (unpaired) electrons. The van der Waals surface area contributed by atoms with Gasteiger partial charge in [0.1, 0.15) is 6.54 Å². The highest BCUT2D eigenvalue weighted by Gasteiger charge is 2.37. The van der Waals surface area contributed by atoms with Crippen molar-refractivity contribution in [2.24, 2.45) is 0 Å². The molecule has 0 N–H and O–H groups in total. The summed E-state index contributed by atoms with van der Waals surface area (Å²) in [5.74, 6) is -1.05. The molecule has 1 saturated heterocycles. The van der Waals surface area contributed by atoms with Gasteiger partial charge in [-0.2, -0.15) is 0 Å². The average Bonchev–Trinajstić information content (AvgIpc) is 2.92. The van der Waals surface area contributed by atoms with Crippen LogP contribution in [0.4, 0.5) is 10.5 Å². The number of amides is 2. The first-order valence-electron chi connectivity index (χ1n) is 11.0. The van der Waals surface area contributed by atoms with E-state index in [2.05, 4.69) is 50.8 Å². The Balaban J connectivity index is 1.93. The van der Waals surface area contributed by atoms with Gasteiger partial charge in [-0.15, -0.1) is 0 Å². The van der Waals surface area contributed by atoms with Crippen LogP contribution in [0, 0.1) is 6.92 Å². The third-order valence-electron chi connectivity index (χ3n) is 5.63. The summed E-state index contributed by atoms with van der Waals surface area (Å²) in [6.07, 6.45) is 4.77. The first-order valence-corrected chi connectivity index (χ1v) is 11.8. The molecular weight excluding hydrogens is 424 g/mol. The first-order chi connectivity index (χ1) is 14.9. The van der Waals surface area contributed by atoms with Crippen molar-refractivity contribution in [3.8, 4) is 0 Å². The van der Waals surface area contributed by atoms with Crippen molar-refractivity contribution in [1.82, 2.24) is 4.90 Å². The highest BCUT2D eigenvalue weighted by atomic mass is 32.2. The van der Waals surface area contributed by atoms with Crippen molar-refractivity contribution in [2.45, 2.75) is 66.5 Å². The van der Waals surface area contributed by atoms with E-state index in [1.165, 1.54) is 11.3 Å². The fraction of sp³-hybridized carbons (Fsp3) is 0.480. The van der Waals surface area contributed by atoms with Crippen LogP contribution in [0.2, 0.25) is 0 Å². The molecule has 1 aromatic rings. The van der Waals surface area contributed by atoms with E-state index >= 15 is 0 Å². The third-order valence-corrected chi connectivity index (χ3v) is 6.53. The van der Waals surface area contributed by atoms with Crippen molar-refractivity contribution in [1.29, 1.82) is 0 Å². The molecule has 2 amide bonds. The summed E-state index contributed by atoms with van der Waals surface area (Å²) >= 11 is 0.859. The zero-order valence-corrected chi connectivity index (χ0v) is 20.8. The van der Waals surface area contributed by atoms with Crippen molar-refractivity contribution >= 4 is 46.2 Å². The highest BCUT2D eigenvalue weighted by molar-refractivity contribution is 8.18. The second-order valence-electron chi connectivity index (χ2n) is 9.17. The number of allylic oxidation sites excluding steroid dienone is 1. The second-order valence-corrected chi connectivity index (χ2v) is 10.2. The van der Waals surface area contributed by atoms with Gasteiger partial charge >= 0.3 is 5.97 Å². The number of aryl methyl sites for hydroxylation is 1. The molecule has 0 spiro atoms. The lowest BCUT2D eigenvalue weighted by Crippen LogP contribution is -2.45. The number of hydrogen-bond acceptors (Lipinski definition) is 6. The number of ether oxygens (including phenoxy) is 1. The Morgan fingerprint density at radius 1 is 1.22 bits per heavy atom. The number of anilines is 1. The molecule has 7 heteroatoms. The summed E-state index contributed by atoms with van der Waals surface area (Å²) in [7, 11) is 0. The minimum atomic E-state index is -0.590. The molecule has 2 aliphatic heterocycles. The summed E-state index contributed by atoms with van der Waals surface area (Å²) in [6.45, 7) is 14.8. The molecule has 0 saturated carbocycles. The molecule has 0 bridgehead atoms. The highest BCUT2D eigenvalue weighted by Crippen LogP contribution is 2.41. The smallest absolute Gasteiger partial charge is 0.326 e. The Kier molecular flexibility index (Phi) is 6.89. The molecule has 6 nitrogen and oxygen atoms in total. The van der Waals surface area contributed by atoms with Gasteiger partial charge in [-0.05, 0) is 94.6 Å². The van der Waals surface area contributed by atoms with Crippen LogP contribution in [0.15, 0.2) is 23.1 Å². The van der Waals surface area contributed by atoms with E-state index in [0.29, 0.717) is 4.91 Å². The van der Waals surface area contributed by atoms with Crippen LogP contribution in [-0.2, 0) is 14.3 Å². The van der Waals surface area contributed by atoms with Gasteiger partial charge in [0, 0.05) is 17.8 Å². The van der Waals surface area contributed by atoms with E-state index in [9.17, 15) is 14.4 Å². The predicted octanol–water partition coefficient (Wildman–Crippen LogP) is 5.39. The van der Waals surface area contributed by atoms with Crippen molar-refractivity contribution in [2.75, 3.05) is 18.0 Å². The van der Waals surface area contributed by atoms with E-state index in [-0.39, 0.29) is 18.2 Å². The molecule has 0 aliphatic carbocycles. The molecule has 2 aliphatic rings. The maximum Gasteiger partial charge on any atom is 0.326 e. The molecule has 1 fully saturated rings. The maximum absolute atomic E-state index is 12.8. The number of imide groups is 1. The number of carbonyl (C=O) groups is 3. The molecule has 1 aromatic carbocycles. The molecule has 32 heavy (non-hydrogen) atoms. The van der Waals surface area contributed by atoms with Gasteiger partial charge in [-0.1, -0.05) is 13.0 Å². The number of esters is 1. The topological polar surface area (TPSA) is 66.9 Å². The number of carbonyl (C=O) groups excluding carboxylic acids is 3. The van der Waals surface area contributed by atoms with E-state index in [4.69, 9.17) is 4.74 Å². The van der Waals surface area contributed by atoms with Gasteiger partial charge in [0.15, 0.2) is 0 Å². The minimum Gasteiger partial charge on any atom is -0.462 e. The average molecular weight is 457 g/mol. The monoisotopic (exact) mass is 456 g/mol. The molecule has 3 rings (SSSR count). The van der Waals surface area contributed by atoms with Crippen LogP contribution in [-0.4, -0.2) is 46.7 Å². The molecular formula is C25H32N2O4S. The Morgan fingerprint density at radius 2 is 1.91 bits per heavy atom. The van der Waals surface area contributed by atoms with Crippen LogP contribution in [0.1, 0.15) is 64.7 Å². The van der Waals surface area contributed by atoms with Gasteiger partial charge in [-0.3, -0.25) is 19.3 Å². The lowest BCUT2D eigenvalue weighted by molar-refractivity contribution is -0.149. The van der Waals surface area contributed by atoms with Crippen molar-refractivity contribution in [3.05, 3.63) is 39.8 Å². The summed E-state index contributed by atoms with van der Waals surface area (Å²) in [5, 5.41) is -0.454. The van der Waals surface area contributed by atoms with Gasteiger partial charge < -0.3 is 9.64 Å². The number of fused-ring (bicyclic) bond motifs is 1. The summed E-state index contributed by atoms with van der Waals surface area (Å²) in [5.41, 5.74) is 5.36. The van der Waals surface area contributed by atoms with Crippen LogP contribution >= 0.6 is 11.8 Å². The standard InChI is InChI=1S/C25H32N2O4S/c1-8-9-27-20-10-16(4)18(11-19(20)17(5)13-25(27,6)7)12-21-23(29)26(24(30)32-21)14-22(28)31-15(2)3/h10-13,15H,8-9,14H2,1-7H3/b21-12-. The fourth-order valence-electron chi connectivity index (χ4n) is 4.24. The molecule has 0 aromatic heterocycles. The van der Waals surface area contributed by atoms with Crippen LogP contribution in [0.25, 0.3) is 11.6 Å². The minimum absolute atomic E-state index is 0.0751. The van der Waals surface area contributed by atoms with Crippen molar-refractivity contribution < 1.29 is 19.1 Å². The Morgan fingerprint density at radius 3 is 2.53 bits per heavy atom. The Hall–Kier alpha value is -2.54. The molecule has 172 valence electrons. The molecule has 0 atom stereocenters. The zero-order chi connectivity index (χ0) is 23.8. The Labute approximate surface area is 194 Å². The maximum atomic E-state index is 12.8. The van der Waals surface area contributed by atoms with Gasteiger partial charge in [0.25, 0.3) is 11.1 Å². The number of nitrogens with zero attached hydrogens (tertiary/aromatic N) is 2. The SMILES string of the molecule is CCCN1c2cc(C)c(/C=C3\SC(=O)N(CC(=O)OC(C)C)C3=O)cc2C(C)=CC1(C)C. The van der Waals surface area contributed by atoms with E-state index in [0.717, 1.165) is 46.3 Å². The summed E-state index contributed by atoms with van der Waals surface area (Å²) in [6, 6.07) is 4.26. The number of hydrogen-bond donors (Lipinski definition) is 0. The Bertz CT molecular complexity index is 1020. The van der Waals surface area contributed by atoms with Gasteiger partial charge in [-0.25, -0.2) is 0 Å². The summed E-state index contributed by atoms with van der Waals surface area (Å²) < 4.78 is 5.08. The lowest BCUT2D eigenvalue weighted by Gasteiger charge is -2.43. The number of benzene rings is 1. The van der Waals surface area contributed by atoms with Gasteiger partial charge in [0.2, 0.25) is 0 Å². The predicted molar refractivity (Wildman–Crippen MR) is 130 cm³/mol. The number of rotatable bonds is 6. The van der Waals surface area contributed by atoms with E-state index in [1.54, 1.807) is 19.9 Å². The second kappa shape index (κ2) is 9.14. The zero-order valence-electron chi connectivity index (χ0n) is 19.9. The largest absolute Gasteiger partial charge is 0.462 e. The van der Waals surface area contributed by atoms with Crippen LogP contribution in [0.5, 0.6) is 0 Å². The number of thioether (sulfide) groups is 1. The van der Waals surface area contributed by atoms with E-state index < -0.39 is 17.1 Å². The quantitative estimate of drug-likeness (QED) is 0.422. The van der Waals surface area contributed by atoms with Crippen LogP contribution in [0.3, 0.4) is 0 Å². The fourth-order valence-corrected chi connectivity index (χ4v) is 5.07. The lowest BCUT2D eigenvalue weighted by atomic mass is 9.86. The van der Waals surface area contributed by atoms with Gasteiger partial charge in [0.05, 0.1) is 16.5 Å². The third kappa shape index (κ3) is 4.77. The first kappa shape index (κ1) is 24.1. The normalized spacial score (nSPS) is 19.0. The molecule has 0 unspecified atom stereocenters.